The molecule has 1 atom stereocenters. The van der Waals surface area contributed by atoms with Crippen LogP contribution in [0, 0.1) is 0 Å². The third kappa shape index (κ3) is 6.02. The van der Waals surface area contributed by atoms with Crippen molar-refractivity contribution in [3.05, 3.63) is 83.3 Å². The molecule has 0 saturated heterocycles. The highest BCUT2D eigenvalue weighted by atomic mass is 35.5. The Bertz CT molecular complexity index is 853. The van der Waals surface area contributed by atoms with Crippen molar-refractivity contribution in [2.45, 2.75) is 19.2 Å². The topological polar surface area (TPSA) is 55.1 Å². The van der Waals surface area contributed by atoms with Crippen molar-refractivity contribution in [3.8, 4) is 11.5 Å². The van der Waals surface area contributed by atoms with Crippen molar-refractivity contribution < 1.29 is 19.0 Å². The Balaban J connectivity index is 1.62. The van der Waals surface area contributed by atoms with Crippen molar-refractivity contribution in [2.75, 3.05) is 20.3 Å². The van der Waals surface area contributed by atoms with Gasteiger partial charge in [-0.2, -0.15) is 0 Å². The number of hydrogen-bond donors (Lipinski definition) is 1. The SMILES string of the molecule is COc1ccccc1OCC(O)CN(Cc1cccc(Cl)c1)Cc1ccco1. The third-order valence-corrected chi connectivity index (χ3v) is 4.46. The molecule has 3 rings (SSSR count). The van der Waals surface area contributed by atoms with Gasteiger partial charge in [0, 0.05) is 18.1 Å². The molecule has 1 aromatic heterocycles. The van der Waals surface area contributed by atoms with E-state index in [0.717, 1.165) is 11.3 Å². The number of rotatable bonds is 10. The number of benzene rings is 2. The van der Waals surface area contributed by atoms with Gasteiger partial charge in [-0.15, -0.1) is 0 Å². The van der Waals surface area contributed by atoms with Crippen LogP contribution in [-0.4, -0.2) is 36.4 Å². The summed E-state index contributed by atoms with van der Waals surface area (Å²) in [4.78, 5) is 2.10. The number of furan rings is 1. The zero-order valence-corrected chi connectivity index (χ0v) is 16.5. The molecule has 0 amide bonds. The first-order valence-electron chi connectivity index (χ1n) is 9.07. The lowest BCUT2D eigenvalue weighted by atomic mass is 10.2. The summed E-state index contributed by atoms with van der Waals surface area (Å²) < 4.78 is 16.5. The van der Waals surface area contributed by atoms with Crippen molar-refractivity contribution in [3.63, 3.8) is 0 Å². The standard InChI is InChI=1S/C22H24ClNO4/c1-26-21-9-2-3-10-22(21)28-16-19(25)14-24(15-20-8-5-11-27-20)13-17-6-4-7-18(23)12-17/h2-12,19,25H,13-16H2,1H3. The Morgan fingerprint density at radius 2 is 1.86 bits per heavy atom. The summed E-state index contributed by atoms with van der Waals surface area (Å²) in [6.07, 6.45) is 0.966. The summed E-state index contributed by atoms with van der Waals surface area (Å²) in [5.74, 6) is 2.08. The van der Waals surface area contributed by atoms with Crippen LogP contribution >= 0.6 is 11.6 Å². The second kappa shape index (κ2) is 10.2. The Morgan fingerprint density at radius 1 is 1.04 bits per heavy atom. The maximum atomic E-state index is 10.5. The number of nitrogens with zero attached hydrogens (tertiary/aromatic N) is 1. The lowest BCUT2D eigenvalue weighted by Crippen LogP contribution is -2.35. The lowest BCUT2D eigenvalue weighted by Gasteiger charge is -2.24. The summed E-state index contributed by atoms with van der Waals surface area (Å²) in [5, 5.41) is 11.2. The third-order valence-electron chi connectivity index (χ3n) is 4.22. The van der Waals surface area contributed by atoms with Crippen LogP contribution in [0.1, 0.15) is 11.3 Å². The number of ether oxygens (including phenoxy) is 2. The zero-order chi connectivity index (χ0) is 19.8. The first kappa shape index (κ1) is 20.3. The average molecular weight is 402 g/mol. The molecule has 1 unspecified atom stereocenters. The second-order valence-corrected chi connectivity index (χ2v) is 6.93. The van der Waals surface area contributed by atoms with Gasteiger partial charge in [0.25, 0.3) is 0 Å². The van der Waals surface area contributed by atoms with Crippen molar-refractivity contribution >= 4 is 11.6 Å². The molecule has 148 valence electrons. The summed E-state index contributed by atoms with van der Waals surface area (Å²) in [6, 6.07) is 18.9. The maximum Gasteiger partial charge on any atom is 0.161 e. The minimum atomic E-state index is -0.681. The van der Waals surface area contributed by atoms with Crippen LogP contribution in [0.4, 0.5) is 0 Å². The Labute approximate surface area is 170 Å². The number of hydrogen-bond acceptors (Lipinski definition) is 5. The molecule has 1 heterocycles. The number of aliphatic hydroxyl groups excluding tert-OH is 1. The Hall–Kier alpha value is -2.47. The molecule has 0 aliphatic rings. The highest BCUT2D eigenvalue weighted by molar-refractivity contribution is 6.30. The van der Waals surface area contributed by atoms with Crippen LogP contribution in [0.5, 0.6) is 11.5 Å². The Morgan fingerprint density at radius 3 is 2.57 bits per heavy atom. The number of methoxy groups -OCH3 is 1. The molecule has 2 aromatic carbocycles. The molecule has 0 radical (unpaired) electrons. The van der Waals surface area contributed by atoms with Crippen molar-refractivity contribution in [1.82, 2.24) is 4.90 Å². The van der Waals surface area contributed by atoms with Gasteiger partial charge in [0.2, 0.25) is 0 Å². The molecule has 0 saturated carbocycles. The fourth-order valence-corrected chi connectivity index (χ4v) is 3.19. The van der Waals surface area contributed by atoms with Gasteiger partial charge in [0.05, 0.1) is 19.9 Å². The first-order chi connectivity index (χ1) is 13.6. The van der Waals surface area contributed by atoms with Crippen molar-refractivity contribution in [1.29, 1.82) is 0 Å². The monoisotopic (exact) mass is 401 g/mol. The highest BCUT2D eigenvalue weighted by Gasteiger charge is 2.16. The van der Waals surface area contributed by atoms with Gasteiger partial charge in [0.15, 0.2) is 11.5 Å². The van der Waals surface area contributed by atoms with Crippen LogP contribution in [0.15, 0.2) is 71.3 Å². The molecule has 0 aliphatic heterocycles. The van der Waals surface area contributed by atoms with Gasteiger partial charge < -0.3 is 19.0 Å². The van der Waals surface area contributed by atoms with Gasteiger partial charge in [-0.3, -0.25) is 4.90 Å². The summed E-state index contributed by atoms with van der Waals surface area (Å²) in [7, 11) is 1.59. The van der Waals surface area contributed by atoms with Gasteiger partial charge in [-0.05, 0) is 42.0 Å². The smallest absolute Gasteiger partial charge is 0.161 e. The van der Waals surface area contributed by atoms with Gasteiger partial charge in [0.1, 0.15) is 18.5 Å². The quantitative estimate of drug-likeness (QED) is 0.546. The van der Waals surface area contributed by atoms with Gasteiger partial charge in [-0.25, -0.2) is 0 Å². The molecular formula is C22H24ClNO4. The van der Waals surface area contributed by atoms with Gasteiger partial charge >= 0.3 is 0 Å². The number of para-hydroxylation sites is 2. The molecule has 3 aromatic rings. The van der Waals surface area contributed by atoms with E-state index in [2.05, 4.69) is 4.90 Å². The summed E-state index contributed by atoms with van der Waals surface area (Å²) in [5.41, 5.74) is 1.07. The van der Waals surface area contributed by atoms with E-state index < -0.39 is 6.10 Å². The predicted octanol–water partition coefficient (Wildman–Crippen LogP) is 4.38. The normalized spacial score (nSPS) is 12.1. The van der Waals surface area contributed by atoms with E-state index in [1.165, 1.54) is 0 Å². The van der Waals surface area contributed by atoms with Crippen molar-refractivity contribution in [2.24, 2.45) is 0 Å². The minimum Gasteiger partial charge on any atom is -0.493 e. The Kier molecular flexibility index (Phi) is 7.37. The van der Waals surface area contributed by atoms with E-state index in [9.17, 15) is 5.11 Å². The molecule has 6 heteroatoms. The number of halogens is 1. The molecular weight excluding hydrogens is 378 g/mol. The summed E-state index contributed by atoms with van der Waals surface area (Å²) in [6.45, 7) is 1.78. The van der Waals surface area contributed by atoms with Crippen LogP contribution in [0.2, 0.25) is 5.02 Å². The molecule has 28 heavy (non-hydrogen) atoms. The molecule has 5 nitrogen and oxygen atoms in total. The van der Waals surface area contributed by atoms with Crippen LogP contribution in [0.25, 0.3) is 0 Å². The molecule has 0 aliphatic carbocycles. The van der Waals surface area contributed by atoms with E-state index in [1.54, 1.807) is 13.4 Å². The van der Waals surface area contributed by atoms with Crippen LogP contribution in [0.3, 0.4) is 0 Å². The second-order valence-electron chi connectivity index (χ2n) is 6.49. The molecule has 0 bridgehead atoms. The predicted molar refractivity (Wildman–Crippen MR) is 109 cm³/mol. The number of aliphatic hydroxyl groups is 1. The maximum absolute atomic E-state index is 10.5. The minimum absolute atomic E-state index is 0.157. The molecule has 0 spiro atoms. The molecule has 0 fully saturated rings. The lowest BCUT2D eigenvalue weighted by molar-refractivity contribution is 0.0596. The zero-order valence-electron chi connectivity index (χ0n) is 15.8. The van der Waals surface area contributed by atoms with E-state index in [1.807, 2.05) is 60.7 Å². The molecule has 1 N–H and O–H groups in total. The fraction of sp³-hybridized carbons (Fsp3) is 0.273. The van der Waals surface area contributed by atoms with E-state index in [-0.39, 0.29) is 6.61 Å². The van der Waals surface area contributed by atoms with E-state index in [0.29, 0.717) is 36.2 Å². The van der Waals surface area contributed by atoms with E-state index >= 15 is 0 Å². The van der Waals surface area contributed by atoms with Crippen LogP contribution < -0.4 is 9.47 Å². The summed E-state index contributed by atoms with van der Waals surface area (Å²) >= 11 is 6.10. The highest BCUT2D eigenvalue weighted by Crippen LogP contribution is 2.26. The first-order valence-corrected chi connectivity index (χ1v) is 9.45. The fourth-order valence-electron chi connectivity index (χ4n) is 2.98. The van der Waals surface area contributed by atoms with E-state index in [4.69, 9.17) is 25.5 Å². The van der Waals surface area contributed by atoms with Crippen LogP contribution in [-0.2, 0) is 13.1 Å². The average Bonchev–Trinajstić information content (AvgIpc) is 3.19. The van der Waals surface area contributed by atoms with Gasteiger partial charge in [-0.1, -0.05) is 35.9 Å². The largest absolute Gasteiger partial charge is 0.493 e.